The molecule has 3 aliphatic rings. The fourth-order valence-corrected chi connectivity index (χ4v) is 4.86. The van der Waals surface area contributed by atoms with Crippen LogP contribution in [0, 0.1) is 5.41 Å². The van der Waals surface area contributed by atoms with E-state index in [0.29, 0.717) is 13.0 Å². The van der Waals surface area contributed by atoms with Crippen molar-refractivity contribution in [2.24, 2.45) is 5.41 Å². The second-order valence-electron chi connectivity index (χ2n) is 8.77. The van der Waals surface area contributed by atoms with Crippen molar-refractivity contribution in [3.8, 4) is 0 Å². The predicted molar refractivity (Wildman–Crippen MR) is 109 cm³/mol. The first-order chi connectivity index (χ1) is 14.1. The van der Waals surface area contributed by atoms with E-state index in [9.17, 15) is 9.59 Å². The highest BCUT2D eigenvalue weighted by Crippen LogP contribution is 2.40. The van der Waals surface area contributed by atoms with Gasteiger partial charge in [-0.1, -0.05) is 30.3 Å². The standard InChI is InChI=1S/C23H32N2O4/c26-21-8-9-23(18-25(21)15-20-7-4-14-29-20)10-12-24(13-11-23)22(27)17-28-16-19-5-2-1-3-6-19/h1-3,5-6,20H,4,7-18H2. The number of ether oxygens (including phenoxy) is 2. The van der Waals surface area contributed by atoms with Crippen molar-refractivity contribution >= 4 is 11.8 Å². The van der Waals surface area contributed by atoms with Gasteiger partial charge in [0.1, 0.15) is 6.61 Å². The van der Waals surface area contributed by atoms with Crippen LogP contribution in [0.4, 0.5) is 0 Å². The number of hydrogen-bond acceptors (Lipinski definition) is 4. The van der Waals surface area contributed by atoms with Crippen LogP contribution in [-0.4, -0.2) is 67.1 Å². The zero-order chi connectivity index (χ0) is 20.1. The largest absolute Gasteiger partial charge is 0.376 e. The first-order valence-electron chi connectivity index (χ1n) is 10.9. The van der Waals surface area contributed by atoms with E-state index in [-0.39, 0.29) is 29.9 Å². The SMILES string of the molecule is O=C(COCc1ccccc1)N1CCC2(CCC(=O)N(CC3CCCO3)C2)CC1. The second kappa shape index (κ2) is 9.26. The Morgan fingerprint density at radius 1 is 1.17 bits per heavy atom. The first kappa shape index (κ1) is 20.4. The Morgan fingerprint density at radius 3 is 2.69 bits per heavy atom. The molecule has 1 spiro atoms. The molecule has 29 heavy (non-hydrogen) atoms. The van der Waals surface area contributed by atoms with Crippen LogP contribution in [0.3, 0.4) is 0 Å². The van der Waals surface area contributed by atoms with Gasteiger partial charge in [-0.2, -0.15) is 0 Å². The van der Waals surface area contributed by atoms with E-state index in [1.807, 2.05) is 40.1 Å². The van der Waals surface area contributed by atoms with Crippen LogP contribution >= 0.6 is 0 Å². The number of amides is 2. The summed E-state index contributed by atoms with van der Waals surface area (Å²) in [6, 6.07) is 9.92. The Balaban J connectivity index is 1.23. The third-order valence-electron chi connectivity index (χ3n) is 6.71. The first-order valence-corrected chi connectivity index (χ1v) is 10.9. The van der Waals surface area contributed by atoms with Crippen LogP contribution < -0.4 is 0 Å². The third-order valence-corrected chi connectivity index (χ3v) is 6.71. The molecule has 3 fully saturated rings. The lowest BCUT2D eigenvalue weighted by Gasteiger charge is -2.47. The maximum absolute atomic E-state index is 12.5. The summed E-state index contributed by atoms with van der Waals surface area (Å²) in [7, 11) is 0. The summed E-state index contributed by atoms with van der Waals surface area (Å²) < 4.78 is 11.4. The van der Waals surface area contributed by atoms with Gasteiger partial charge in [-0.05, 0) is 43.1 Å². The average molecular weight is 401 g/mol. The highest BCUT2D eigenvalue weighted by Gasteiger charge is 2.42. The number of nitrogens with zero attached hydrogens (tertiary/aromatic N) is 2. The van der Waals surface area contributed by atoms with Gasteiger partial charge in [0.2, 0.25) is 11.8 Å². The smallest absolute Gasteiger partial charge is 0.248 e. The highest BCUT2D eigenvalue weighted by atomic mass is 16.5. The monoisotopic (exact) mass is 400 g/mol. The Kier molecular flexibility index (Phi) is 6.50. The molecule has 4 rings (SSSR count). The molecule has 0 bridgehead atoms. The lowest BCUT2D eigenvalue weighted by atomic mass is 9.72. The van der Waals surface area contributed by atoms with Crippen molar-refractivity contribution in [1.29, 1.82) is 0 Å². The molecule has 3 saturated heterocycles. The van der Waals surface area contributed by atoms with E-state index in [1.165, 1.54) is 0 Å². The predicted octanol–water partition coefficient (Wildman–Crippen LogP) is 2.61. The number of carbonyl (C=O) groups is 2. The van der Waals surface area contributed by atoms with Gasteiger partial charge in [0.15, 0.2) is 0 Å². The van der Waals surface area contributed by atoms with Crippen LogP contribution in [0.2, 0.25) is 0 Å². The van der Waals surface area contributed by atoms with Crippen molar-refractivity contribution in [1.82, 2.24) is 9.80 Å². The minimum absolute atomic E-state index is 0.0684. The quantitative estimate of drug-likeness (QED) is 0.737. The summed E-state index contributed by atoms with van der Waals surface area (Å²) in [6.07, 6.45) is 5.86. The van der Waals surface area contributed by atoms with Gasteiger partial charge in [0.05, 0.1) is 12.7 Å². The zero-order valence-corrected chi connectivity index (χ0v) is 17.2. The van der Waals surface area contributed by atoms with Crippen molar-refractivity contribution in [3.63, 3.8) is 0 Å². The highest BCUT2D eigenvalue weighted by molar-refractivity contribution is 5.78. The number of benzene rings is 1. The van der Waals surface area contributed by atoms with Crippen LogP contribution in [0.15, 0.2) is 30.3 Å². The molecule has 2 amide bonds. The molecular formula is C23H32N2O4. The van der Waals surface area contributed by atoms with Gasteiger partial charge < -0.3 is 19.3 Å². The van der Waals surface area contributed by atoms with Crippen LogP contribution in [-0.2, 0) is 25.7 Å². The van der Waals surface area contributed by atoms with Crippen LogP contribution in [0.25, 0.3) is 0 Å². The summed E-state index contributed by atoms with van der Waals surface area (Å²) in [4.78, 5) is 28.9. The maximum atomic E-state index is 12.5. The second-order valence-corrected chi connectivity index (χ2v) is 8.77. The van der Waals surface area contributed by atoms with Gasteiger partial charge >= 0.3 is 0 Å². The summed E-state index contributed by atoms with van der Waals surface area (Å²) in [5.74, 6) is 0.331. The Labute approximate surface area is 173 Å². The molecule has 0 aromatic heterocycles. The molecule has 6 nitrogen and oxygen atoms in total. The molecule has 0 aliphatic carbocycles. The van der Waals surface area contributed by atoms with E-state index in [1.54, 1.807) is 0 Å². The molecule has 0 N–H and O–H groups in total. The summed E-state index contributed by atoms with van der Waals surface area (Å²) in [5, 5.41) is 0. The molecule has 158 valence electrons. The van der Waals surface area contributed by atoms with Crippen molar-refractivity contribution in [2.75, 3.05) is 39.4 Å². The summed E-state index contributed by atoms with van der Waals surface area (Å²) >= 11 is 0. The molecule has 0 radical (unpaired) electrons. The maximum Gasteiger partial charge on any atom is 0.248 e. The van der Waals surface area contributed by atoms with E-state index >= 15 is 0 Å². The summed E-state index contributed by atoms with van der Waals surface area (Å²) in [5.41, 5.74) is 1.24. The van der Waals surface area contributed by atoms with Gasteiger partial charge in [-0.15, -0.1) is 0 Å². The molecule has 1 atom stereocenters. The number of rotatable bonds is 6. The number of likely N-dealkylation sites (tertiary alicyclic amines) is 2. The van der Waals surface area contributed by atoms with Crippen LogP contribution in [0.5, 0.6) is 0 Å². The van der Waals surface area contributed by atoms with E-state index in [0.717, 1.165) is 70.5 Å². The van der Waals surface area contributed by atoms with Gasteiger partial charge in [-0.25, -0.2) is 0 Å². The Hall–Kier alpha value is -1.92. The minimum atomic E-state index is 0.0684. The lowest BCUT2D eigenvalue weighted by Crippen LogP contribution is -2.54. The number of carbonyl (C=O) groups excluding carboxylic acids is 2. The van der Waals surface area contributed by atoms with Gasteiger partial charge in [0.25, 0.3) is 0 Å². The fraction of sp³-hybridized carbons (Fsp3) is 0.652. The Morgan fingerprint density at radius 2 is 1.97 bits per heavy atom. The normalized spacial score (nSPS) is 24.3. The summed E-state index contributed by atoms with van der Waals surface area (Å²) in [6.45, 7) is 4.48. The van der Waals surface area contributed by atoms with E-state index < -0.39 is 0 Å². The van der Waals surface area contributed by atoms with E-state index in [2.05, 4.69) is 0 Å². The Bertz CT molecular complexity index is 694. The molecular weight excluding hydrogens is 368 g/mol. The fourth-order valence-electron chi connectivity index (χ4n) is 4.86. The number of piperidine rings is 2. The zero-order valence-electron chi connectivity index (χ0n) is 17.2. The lowest BCUT2D eigenvalue weighted by molar-refractivity contribution is -0.145. The van der Waals surface area contributed by atoms with Crippen LogP contribution in [0.1, 0.15) is 44.1 Å². The molecule has 0 saturated carbocycles. The van der Waals surface area contributed by atoms with Gasteiger partial charge in [-0.3, -0.25) is 9.59 Å². The molecule has 3 aliphatic heterocycles. The minimum Gasteiger partial charge on any atom is -0.376 e. The third kappa shape index (κ3) is 5.17. The van der Waals surface area contributed by atoms with Crippen molar-refractivity contribution < 1.29 is 19.1 Å². The molecule has 3 heterocycles. The van der Waals surface area contributed by atoms with Gasteiger partial charge in [0, 0.05) is 39.2 Å². The molecule has 1 aromatic rings. The average Bonchev–Trinajstić information content (AvgIpc) is 3.25. The molecule has 1 unspecified atom stereocenters. The molecule has 6 heteroatoms. The number of hydrogen-bond donors (Lipinski definition) is 0. The van der Waals surface area contributed by atoms with Crippen molar-refractivity contribution in [3.05, 3.63) is 35.9 Å². The topological polar surface area (TPSA) is 59.1 Å². The molecule has 1 aromatic carbocycles. The van der Waals surface area contributed by atoms with E-state index in [4.69, 9.17) is 9.47 Å². The van der Waals surface area contributed by atoms with Crippen molar-refractivity contribution in [2.45, 2.75) is 51.2 Å².